The van der Waals surface area contributed by atoms with Crippen molar-refractivity contribution in [2.45, 2.75) is 6.42 Å². The Bertz CT molecular complexity index is 1180. The number of benzene rings is 1. The molecule has 0 aliphatic rings. The highest BCUT2D eigenvalue weighted by Gasteiger charge is 2.20. The number of hydrogen-bond acceptors (Lipinski definition) is 5. The summed E-state index contributed by atoms with van der Waals surface area (Å²) in [5.41, 5.74) is 3.41. The lowest BCUT2D eigenvalue weighted by Gasteiger charge is -2.12. The van der Waals surface area contributed by atoms with Gasteiger partial charge in [-0.2, -0.15) is 5.10 Å². The van der Waals surface area contributed by atoms with Crippen LogP contribution in [0.25, 0.3) is 22.2 Å². The van der Waals surface area contributed by atoms with E-state index in [1.165, 1.54) is 20.3 Å². The van der Waals surface area contributed by atoms with Crippen molar-refractivity contribution in [3.63, 3.8) is 0 Å². The molecule has 0 unspecified atom stereocenters. The largest absolute Gasteiger partial charge is 0.494 e. The van der Waals surface area contributed by atoms with Gasteiger partial charge in [0.1, 0.15) is 0 Å². The molecule has 0 spiro atoms. The Balaban J connectivity index is 1.75. The lowest BCUT2D eigenvalue weighted by molar-refractivity contribution is 0.354. The van der Waals surface area contributed by atoms with Crippen LogP contribution in [-0.2, 0) is 13.5 Å². The highest BCUT2D eigenvalue weighted by atomic mass is 19.1. The number of rotatable bonds is 5. The predicted molar refractivity (Wildman–Crippen MR) is 104 cm³/mol. The van der Waals surface area contributed by atoms with Crippen LogP contribution in [0.4, 0.5) is 8.78 Å². The minimum Gasteiger partial charge on any atom is -0.494 e. The summed E-state index contributed by atoms with van der Waals surface area (Å²) >= 11 is 0. The van der Waals surface area contributed by atoms with Crippen molar-refractivity contribution in [1.29, 1.82) is 0 Å². The monoisotopic (exact) mass is 396 g/mol. The molecule has 0 N–H and O–H groups in total. The molecule has 0 radical (unpaired) electrons. The van der Waals surface area contributed by atoms with Crippen LogP contribution in [-0.4, -0.2) is 34.0 Å². The van der Waals surface area contributed by atoms with Gasteiger partial charge < -0.3 is 9.47 Å². The fourth-order valence-corrected chi connectivity index (χ4v) is 3.15. The van der Waals surface area contributed by atoms with E-state index in [4.69, 9.17) is 9.47 Å². The second kappa shape index (κ2) is 7.46. The third kappa shape index (κ3) is 3.49. The number of halogens is 2. The topological polar surface area (TPSA) is 62.1 Å². The minimum absolute atomic E-state index is 0.0573. The summed E-state index contributed by atoms with van der Waals surface area (Å²) in [4.78, 5) is 8.97. The third-order valence-corrected chi connectivity index (χ3v) is 4.66. The molecule has 148 valence electrons. The Labute approximate surface area is 165 Å². The molecule has 0 aliphatic heterocycles. The summed E-state index contributed by atoms with van der Waals surface area (Å²) < 4.78 is 41.0. The SMILES string of the molecule is COc1cc(OC)c(F)c(Cc2ccc3ncc(-c4cnn(C)c4)cc3n2)c1F. The van der Waals surface area contributed by atoms with Crippen molar-refractivity contribution >= 4 is 11.0 Å². The van der Waals surface area contributed by atoms with Crippen LogP contribution >= 0.6 is 0 Å². The number of ether oxygens (including phenoxy) is 2. The standard InChI is InChI=1S/C21H18F2N4O2/c1-27-11-13(10-25-27)12-6-17-16(24-9-12)5-4-14(26-17)7-15-20(22)18(28-2)8-19(29-3)21(15)23/h4-6,8-11H,7H2,1-3H3. The van der Waals surface area contributed by atoms with Gasteiger partial charge in [-0.1, -0.05) is 0 Å². The molecule has 0 aliphatic carbocycles. The fraction of sp³-hybridized carbons (Fsp3) is 0.190. The van der Waals surface area contributed by atoms with E-state index >= 15 is 0 Å². The van der Waals surface area contributed by atoms with Gasteiger partial charge in [0.25, 0.3) is 0 Å². The zero-order valence-corrected chi connectivity index (χ0v) is 16.1. The van der Waals surface area contributed by atoms with E-state index in [-0.39, 0.29) is 23.5 Å². The number of fused-ring (bicyclic) bond motifs is 1. The number of hydrogen-bond donors (Lipinski definition) is 0. The van der Waals surface area contributed by atoms with Crippen molar-refractivity contribution in [1.82, 2.24) is 19.7 Å². The maximum atomic E-state index is 14.7. The van der Waals surface area contributed by atoms with E-state index in [0.29, 0.717) is 16.7 Å². The minimum atomic E-state index is -0.769. The molecule has 3 aromatic heterocycles. The van der Waals surface area contributed by atoms with Gasteiger partial charge in [-0.3, -0.25) is 14.6 Å². The molecule has 0 saturated heterocycles. The van der Waals surface area contributed by atoms with E-state index in [9.17, 15) is 8.78 Å². The summed E-state index contributed by atoms with van der Waals surface area (Å²) in [6.45, 7) is 0. The molecule has 4 aromatic rings. The maximum absolute atomic E-state index is 14.7. The average molecular weight is 396 g/mol. The van der Waals surface area contributed by atoms with E-state index in [1.54, 1.807) is 29.2 Å². The quantitative estimate of drug-likeness (QED) is 0.512. The molecule has 29 heavy (non-hydrogen) atoms. The molecule has 6 nitrogen and oxygen atoms in total. The molecule has 4 rings (SSSR count). The molecule has 3 heterocycles. The summed E-state index contributed by atoms with van der Waals surface area (Å²) in [6, 6.07) is 6.54. The second-order valence-electron chi connectivity index (χ2n) is 6.53. The molecule has 0 fully saturated rings. The summed E-state index contributed by atoms with van der Waals surface area (Å²) in [6.07, 6.45) is 5.30. The fourth-order valence-electron chi connectivity index (χ4n) is 3.15. The Kier molecular flexibility index (Phi) is 4.84. The van der Waals surface area contributed by atoms with Crippen molar-refractivity contribution in [2.75, 3.05) is 14.2 Å². The van der Waals surface area contributed by atoms with Crippen molar-refractivity contribution < 1.29 is 18.3 Å². The van der Waals surface area contributed by atoms with Gasteiger partial charge in [-0.25, -0.2) is 8.78 Å². The molecule has 0 saturated carbocycles. The summed E-state index contributed by atoms with van der Waals surface area (Å²) in [7, 11) is 4.47. The second-order valence-corrected chi connectivity index (χ2v) is 6.53. The van der Waals surface area contributed by atoms with Crippen LogP contribution in [0, 0.1) is 11.6 Å². The van der Waals surface area contributed by atoms with E-state index < -0.39 is 11.6 Å². The Hall–Kier alpha value is -3.55. The number of nitrogens with zero attached hydrogens (tertiary/aromatic N) is 4. The Morgan fingerprint density at radius 1 is 0.931 bits per heavy atom. The maximum Gasteiger partial charge on any atom is 0.171 e. The van der Waals surface area contributed by atoms with Crippen LogP contribution in [0.2, 0.25) is 0 Å². The van der Waals surface area contributed by atoms with Gasteiger partial charge in [0.05, 0.1) is 31.4 Å². The zero-order valence-electron chi connectivity index (χ0n) is 16.1. The van der Waals surface area contributed by atoms with E-state index in [0.717, 1.165) is 11.1 Å². The highest BCUT2D eigenvalue weighted by Crippen LogP contribution is 2.32. The van der Waals surface area contributed by atoms with Gasteiger partial charge in [-0.15, -0.1) is 0 Å². The first kappa shape index (κ1) is 18.8. The average Bonchev–Trinajstić information content (AvgIpc) is 3.17. The van der Waals surface area contributed by atoms with Gasteiger partial charge >= 0.3 is 0 Å². The van der Waals surface area contributed by atoms with Crippen molar-refractivity contribution in [3.05, 3.63) is 65.7 Å². The lowest BCUT2D eigenvalue weighted by Crippen LogP contribution is -2.04. The van der Waals surface area contributed by atoms with Gasteiger partial charge in [-0.05, 0) is 18.2 Å². The van der Waals surface area contributed by atoms with Crippen LogP contribution in [0.15, 0.2) is 42.9 Å². The van der Waals surface area contributed by atoms with Crippen LogP contribution in [0.1, 0.15) is 11.3 Å². The van der Waals surface area contributed by atoms with Crippen LogP contribution in [0.3, 0.4) is 0 Å². The first-order chi connectivity index (χ1) is 14.0. The van der Waals surface area contributed by atoms with Gasteiger partial charge in [0.15, 0.2) is 23.1 Å². The van der Waals surface area contributed by atoms with Crippen LogP contribution < -0.4 is 9.47 Å². The predicted octanol–water partition coefficient (Wildman–Crippen LogP) is 3.92. The molecule has 8 heteroatoms. The summed E-state index contributed by atoms with van der Waals surface area (Å²) in [5, 5.41) is 4.16. The molecular formula is C21H18F2N4O2. The number of methoxy groups -OCH3 is 2. The zero-order chi connectivity index (χ0) is 20.5. The molecule has 0 amide bonds. The highest BCUT2D eigenvalue weighted by molar-refractivity contribution is 5.80. The van der Waals surface area contributed by atoms with Crippen molar-refractivity contribution in [2.24, 2.45) is 7.05 Å². The molecular weight excluding hydrogens is 378 g/mol. The first-order valence-electron chi connectivity index (χ1n) is 8.83. The number of aromatic nitrogens is 4. The van der Waals surface area contributed by atoms with Gasteiger partial charge in [0.2, 0.25) is 0 Å². The van der Waals surface area contributed by atoms with Gasteiger partial charge in [0, 0.05) is 54.3 Å². The smallest absolute Gasteiger partial charge is 0.171 e. The Morgan fingerprint density at radius 2 is 1.66 bits per heavy atom. The molecule has 0 atom stereocenters. The van der Waals surface area contributed by atoms with Crippen molar-refractivity contribution in [3.8, 4) is 22.6 Å². The van der Waals surface area contributed by atoms with E-state index in [1.807, 2.05) is 19.3 Å². The third-order valence-electron chi connectivity index (χ3n) is 4.66. The summed E-state index contributed by atoms with van der Waals surface area (Å²) in [5.74, 6) is -1.70. The number of aryl methyl sites for hydroxylation is 1. The first-order valence-corrected chi connectivity index (χ1v) is 8.83. The van der Waals surface area contributed by atoms with Crippen LogP contribution in [0.5, 0.6) is 11.5 Å². The normalized spacial score (nSPS) is 11.1. The number of pyridine rings is 2. The molecule has 1 aromatic carbocycles. The lowest BCUT2D eigenvalue weighted by atomic mass is 10.1. The van der Waals surface area contributed by atoms with E-state index in [2.05, 4.69) is 15.1 Å². The molecule has 0 bridgehead atoms. The Morgan fingerprint density at radius 3 is 2.28 bits per heavy atom.